The van der Waals surface area contributed by atoms with Gasteiger partial charge in [0.1, 0.15) is 5.75 Å². The first kappa shape index (κ1) is 13.3. The van der Waals surface area contributed by atoms with Gasteiger partial charge >= 0.3 is 0 Å². The first-order valence-corrected chi connectivity index (χ1v) is 7.22. The molecule has 0 bridgehead atoms. The van der Waals surface area contributed by atoms with E-state index in [-0.39, 0.29) is 0 Å². The smallest absolute Gasteiger partial charge is 0.142 e. The van der Waals surface area contributed by atoms with Crippen molar-refractivity contribution in [2.75, 3.05) is 11.9 Å². The minimum Gasteiger partial charge on any atom is -0.492 e. The van der Waals surface area contributed by atoms with Crippen molar-refractivity contribution < 1.29 is 4.74 Å². The van der Waals surface area contributed by atoms with Crippen molar-refractivity contribution in [3.8, 4) is 5.75 Å². The summed E-state index contributed by atoms with van der Waals surface area (Å²) in [5, 5.41) is 3.66. The van der Waals surface area contributed by atoms with E-state index in [4.69, 9.17) is 4.74 Å². The molecule has 1 fully saturated rings. The molecule has 18 heavy (non-hydrogen) atoms. The predicted molar refractivity (Wildman–Crippen MR) is 77.4 cm³/mol. The second-order valence-electron chi connectivity index (χ2n) is 5.36. The topological polar surface area (TPSA) is 21.3 Å². The Labute approximate surface area is 111 Å². The highest BCUT2D eigenvalue weighted by Crippen LogP contribution is 2.33. The van der Waals surface area contributed by atoms with Crippen molar-refractivity contribution in [3.63, 3.8) is 0 Å². The van der Waals surface area contributed by atoms with Crippen LogP contribution in [0.2, 0.25) is 0 Å². The monoisotopic (exact) mass is 247 g/mol. The maximum atomic E-state index is 5.72. The number of aryl methyl sites for hydroxylation is 1. The average Bonchev–Trinajstić information content (AvgIpc) is 2.81. The molecule has 1 N–H and O–H groups in total. The molecule has 0 radical (unpaired) electrons. The summed E-state index contributed by atoms with van der Waals surface area (Å²) in [5.74, 6) is 1.90. The zero-order valence-electron chi connectivity index (χ0n) is 11.8. The van der Waals surface area contributed by atoms with Gasteiger partial charge in [0.25, 0.3) is 0 Å². The number of benzene rings is 1. The summed E-state index contributed by atoms with van der Waals surface area (Å²) >= 11 is 0. The van der Waals surface area contributed by atoms with E-state index in [2.05, 4.69) is 37.4 Å². The molecule has 100 valence electrons. The molecule has 2 atom stereocenters. The number of rotatable bonds is 5. The Morgan fingerprint density at radius 2 is 2.11 bits per heavy atom. The highest BCUT2D eigenvalue weighted by molar-refractivity contribution is 5.58. The van der Waals surface area contributed by atoms with Crippen molar-refractivity contribution in [2.24, 2.45) is 5.92 Å². The summed E-state index contributed by atoms with van der Waals surface area (Å²) in [6, 6.07) is 7.05. The van der Waals surface area contributed by atoms with E-state index in [1.807, 2.05) is 6.92 Å². The molecule has 1 aromatic rings. The highest BCUT2D eigenvalue weighted by Gasteiger charge is 2.23. The molecule has 2 unspecified atom stereocenters. The third-order valence-corrected chi connectivity index (χ3v) is 3.92. The summed E-state index contributed by atoms with van der Waals surface area (Å²) in [4.78, 5) is 0. The maximum Gasteiger partial charge on any atom is 0.142 e. The number of hydrogen-bond donors (Lipinski definition) is 1. The zero-order valence-corrected chi connectivity index (χ0v) is 11.8. The largest absolute Gasteiger partial charge is 0.492 e. The Bertz CT molecular complexity index is 389. The lowest BCUT2D eigenvalue weighted by Gasteiger charge is -2.18. The van der Waals surface area contributed by atoms with Gasteiger partial charge in [-0.2, -0.15) is 0 Å². The van der Waals surface area contributed by atoms with Crippen molar-refractivity contribution >= 4 is 5.69 Å². The fourth-order valence-electron chi connectivity index (χ4n) is 2.82. The third kappa shape index (κ3) is 3.18. The minimum absolute atomic E-state index is 0.622. The molecule has 0 heterocycles. The Hall–Kier alpha value is -1.18. The zero-order chi connectivity index (χ0) is 13.0. The molecule has 0 amide bonds. The Balaban J connectivity index is 2.04. The van der Waals surface area contributed by atoms with Crippen molar-refractivity contribution in [1.29, 1.82) is 0 Å². The Morgan fingerprint density at radius 1 is 1.28 bits per heavy atom. The molecule has 1 aliphatic rings. The lowest BCUT2D eigenvalue weighted by molar-refractivity contribution is 0.341. The molecular weight excluding hydrogens is 222 g/mol. The number of hydrogen-bond acceptors (Lipinski definition) is 2. The molecule has 0 aliphatic heterocycles. The Kier molecular flexibility index (Phi) is 4.51. The van der Waals surface area contributed by atoms with Crippen molar-refractivity contribution in [2.45, 2.75) is 52.5 Å². The summed E-state index contributed by atoms with van der Waals surface area (Å²) < 4.78 is 5.72. The van der Waals surface area contributed by atoms with Crippen LogP contribution in [0.15, 0.2) is 18.2 Å². The van der Waals surface area contributed by atoms with Crippen molar-refractivity contribution in [3.05, 3.63) is 23.8 Å². The van der Waals surface area contributed by atoms with E-state index in [1.54, 1.807) is 0 Å². The van der Waals surface area contributed by atoms with E-state index >= 15 is 0 Å². The van der Waals surface area contributed by atoms with E-state index in [0.717, 1.165) is 24.0 Å². The quantitative estimate of drug-likeness (QED) is 0.833. The van der Waals surface area contributed by atoms with Crippen LogP contribution in [0.25, 0.3) is 0 Å². The van der Waals surface area contributed by atoms with Gasteiger partial charge in [-0.3, -0.25) is 0 Å². The predicted octanol–water partition coefficient (Wildman–Crippen LogP) is 4.38. The molecule has 0 aromatic heterocycles. The molecular formula is C16H25NO. The SMILES string of the molecule is CCOc1cc(C)ccc1NC1CCC(CC)C1. The van der Waals surface area contributed by atoms with Crippen LogP contribution in [-0.4, -0.2) is 12.6 Å². The minimum atomic E-state index is 0.622. The maximum absolute atomic E-state index is 5.72. The summed E-state index contributed by atoms with van der Waals surface area (Å²) in [6.45, 7) is 7.16. The van der Waals surface area contributed by atoms with Crippen molar-refractivity contribution in [1.82, 2.24) is 0 Å². The fourth-order valence-corrected chi connectivity index (χ4v) is 2.82. The molecule has 0 spiro atoms. The average molecular weight is 247 g/mol. The van der Waals surface area contributed by atoms with E-state index in [0.29, 0.717) is 6.04 Å². The van der Waals surface area contributed by atoms with Crippen LogP contribution < -0.4 is 10.1 Å². The van der Waals surface area contributed by atoms with Gasteiger partial charge < -0.3 is 10.1 Å². The molecule has 2 rings (SSSR count). The second-order valence-corrected chi connectivity index (χ2v) is 5.36. The van der Waals surface area contributed by atoms with Gasteiger partial charge in [0, 0.05) is 6.04 Å². The molecule has 2 nitrogen and oxygen atoms in total. The van der Waals surface area contributed by atoms with Crippen LogP contribution in [0.4, 0.5) is 5.69 Å². The number of nitrogens with one attached hydrogen (secondary N) is 1. The number of ether oxygens (including phenoxy) is 1. The van der Waals surface area contributed by atoms with Gasteiger partial charge in [-0.15, -0.1) is 0 Å². The van der Waals surface area contributed by atoms with Crippen LogP contribution in [-0.2, 0) is 0 Å². The van der Waals surface area contributed by atoms with Crippen LogP contribution >= 0.6 is 0 Å². The van der Waals surface area contributed by atoms with Gasteiger partial charge in [0.2, 0.25) is 0 Å². The van der Waals surface area contributed by atoms with Gasteiger partial charge in [-0.1, -0.05) is 19.4 Å². The normalized spacial score (nSPS) is 23.1. The van der Waals surface area contributed by atoms with Gasteiger partial charge in [-0.25, -0.2) is 0 Å². The second kappa shape index (κ2) is 6.12. The fraction of sp³-hybridized carbons (Fsp3) is 0.625. The molecule has 1 aliphatic carbocycles. The van der Waals surface area contributed by atoms with Crippen LogP contribution in [0.5, 0.6) is 5.75 Å². The molecule has 0 saturated heterocycles. The first-order valence-electron chi connectivity index (χ1n) is 7.22. The lowest BCUT2D eigenvalue weighted by Crippen LogP contribution is -2.16. The van der Waals surface area contributed by atoms with Crippen LogP contribution in [0.1, 0.15) is 45.1 Å². The Morgan fingerprint density at radius 3 is 2.78 bits per heavy atom. The summed E-state index contributed by atoms with van der Waals surface area (Å²) in [5.41, 5.74) is 2.41. The van der Waals surface area contributed by atoms with Gasteiger partial charge in [0.05, 0.1) is 12.3 Å². The van der Waals surface area contributed by atoms with Gasteiger partial charge in [0.15, 0.2) is 0 Å². The first-order chi connectivity index (χ1) is 8.72. The molecule has 1 aromatic carbocycles. The number of anilines is 1. The third-order valence-electron chi connectivity index (χ3n) is 3.92. The lowest BCUT2D eigenvalue weighted by atomic mass is 10.1. The highest BCUT2D eigenvalue weighted by atomic mass is 16.5. The molecule has 1 saturated carbocycles. The van der Waals surface area contributed by atoms with E-state index in [9.17, 15) is 0 Å². The molecule has 2 heteroatoms. The van der Waals surface area contributed by atoms with Crippen LogP contribution in [0, 0.1) is 12.8 Å². The van der Waals surface area contributed by atoms with E-state index < -0.39 is 0 Å². The standard InChI is InChI=1S/C16H25NO/c1-4-13-7-8-14(11-13)17-15-9-6-12(3)10-16(15)18-5-2/h6,9-10,13-14,17H,4-5,7-8,11H2,1-3H3. The van der Waals surface area contributed by atoms with E-state index in [1.165, 1.54) is 31.2 Å². The van der Waals surface area contributed by atoms with Crippen LogP contribution in [0.3, 0.4) is 0 Å². The summed E-state index contributed by atoms with van der Waals surface area (Å²) in [6.07, 6.45) is 5.27. The van der Waals surface area contributed by atoms with Gasteiger partial charge in [-0.05, 0) is 56.7 Å². The summed E-state index contributed by atoms with van der Waals surface area (Å²) in [7, 11) is 0.